The Hall–Kier alpha value is -1.20. The summed E-state index contributed by atoms with van der Waals surface area (Å²) in [6.07, 6.45) is 0. The van der Waals surface area contributed by atoms with E-state index in [0.29, 0.717) is 0 Å². The number of aryl methyl sites for hydroxylation is 2. The first-order valence-electron chi connectivity index (χ1n) is 5.26. The Balaban J connectivity index is 2.28. The lowest BCUT2D eigenvalue weighted by atomic mass is 10.2. The fourth-order valence-corrected chi connectivity index (χ4v) is 2.62. The van der Waals surface area contributed by atoms with Crippen LogP contribution in [0.4, 0.5) is 4.20 Å². The minimum absolute atomic E-state index is 0.782. The maximum Gasteiger partial charge on any atom is 0.144 e. The van der Waals surface area contributed by atoms with Crippen LogP contribution in [0.1, 0.15) is 11.1 Å². The zero-order valence-corrected chi connectivity index (χ0v) is 10.3. The molecular weight excluding hydrogens is 218 g/mol. The van der Waals surface area contributed by atoms with Crippen molar-refractivity contribution >= 4 is 18.8 Å². The fraction of sp³-hybridized carbons (Fsp3) is 0.143. The van der Waals surface area contributed by atoms with Crippen LogP contribution >= 0.6 is 8.23 Å². The highest BCUT2D eigenvalue weighted by molar-refractivity contribution is 7.68. The molecule has 0 amide bonds. The smallest absolute Gasteiger partial charge is 0.144 e. The monoisotopic (exact) mass is 232 g/mol. The summed E-state index contributed by atoms with van der Waals surface area (Å²) in [5.41, 5.74) is 2.33. The Morgan fingerprint density at radius 2 is 1.00 bits per heavy atom. The Kier molecular flexibility index (Phi) is 3.36. The molecule has 0 bridgehead atoms. The van der Waals surface area contributed by atoms with Gasteiger partial charge in [0.15, 0.2) is 0 Å². The van der Waals surface area contributed by atoms with Crippen LogP contribution in [0.5, 0.6) is 0 Å². The van der Waals surface area contributed by atoms with Crippen molar-refractivity contribution in [2.45, 2.75) is 13.8 Å². The van der Waals surface area contributed by atoms with Crippen LogP contribution in [0.15, 0.2) is 48.5 Å². The highest BCUT2D eigenvalue weighted by atomic mass is 31.2. The lowest BCUT2D eigenvalue weighted by Crippen LogP contribution is -2.08. The molecule has 0 spiro atoms. The second kappa shape index (κ2) is 4.76. The van der Waals surface area contributed by atoms with Gasteiger partial charge in [-0.1, -0.05) is 59.7 Å². The molecule has 0 aliphatic carbocycles. The van der Waals surface area contributed by atoms with E-state index in [1.54, 1.807) is 0 Å². The molecule has 0 aromatic heterocycles. The van der Waals surface area contributed by atoms with Crippen LogP contribution < -0.4 is 10.6 Å². The van der Waals surface area contributed by atoms with Gasteiger partial charge in [0.1, 0.15) is 8.23 Å². The van der Waals surface area contributed by atoms with Gasteiger partial charge in [-0.15, -0.1) is 0 Å². The van der Waals surface area contributed by atoms with Crippen molar-refractivity contribution in [2.75, 3.05) is 0 Å². The highest BCUT2D eigenvalue weighted by Crippen LogP contribution is 2.34. The first-order valence-corrected chi connectivity index (χ1v) is 6.49. The molecule has 0 heterocycles. The van der Waals surface area contributed by atoms with Gasteiger partial charge in [0.05, 0.1) is 0 Å². The van der Waals surface area contributed by atoms with Crippen LogP contribution in [0.3, 0.4) is 0 Å². The van der Waals surface area contributed by atoms with Crippen LogP contribution in [-0.4, -0.2) is 0 Å². The molecule has 0 N–H and O–H groups in total. The number of hydrogen-bond donors (Lipinski definition) is 0. The molecule has 2 aromatic carbocycles. The summed E-state index contributed by atoms with van der Waals surface area (Å²) < 4.78 is 14.2. The molecular formula is C14H14FP. The van der Waals surface area contributed by atoms with Gasteiger partial charge in [-0.3, -0.25) is 0 Å². The van der Waals surface area contributed by atoms with E-state index >= 15 is 0 Å². The van der Waals surface area contributed by atoms with Crippen molar-refractivity contribution in [2.24, 2.45) is 0 Å². The van der Waals surface area contributed by atoms with Crippen molar-refractivity contribution < 1.29 is 4.20 Å². The predicted molar refractivity (Wildman–Crippen MR) is 69.7 cm³/mol. The second-order valence-corrected chi connectivity index (χ2v) is 5.55. The lowest BCUT2D eigenvalue weighted by molar-refractivity contribution is 0.916. The third-order valence-electron chi connectivity index (χ3n) is 2.52. The third-order valence-corrected chi connectivity index (χ3v) is 4.02. The summed E-state index contributed by atoms with van der Waals surface area (Å²) in [6.45, 7) is 4.02. The number of rotatable bonds is 2. The second-order valence-electron chi connectivity index (χ2n) is 3.95. The van der Waals surface area contributed by atoms with Crippen molar-refractivity contribution in [1.29, 1.82) is 0 Å². The average Bonchev–Trinajstić information content (AvgIpc) is 2.30. The van der Waals surface area contributed by atoms with Crippen LogP contribution in [0, 0.1) is 13.8 Å². The molecule has 0 aliphatic rings. The summed E-state index contributed by atoms with van der Waals surface area (Å²) >= 11 is 0. The first-order chi connectivity index (χ1) is 7.66. The van der Waals surface area contributed by atoms with Crippen molar-refractivity contribution in [3.05, 3.63) is 59.7 Å². The predicted octanol–water partition coefficient (Wildman–Crippen LogP) is 3.62. The molecule has 2 heteroatoms. The summed E-state index contributed by atoms with van der Waals surface area (Å²) in [5, 5.41) is 1.56. The molecule has 0 saturated carbocycles. The van der Waals surface area contributed by atoms with E-state index in [1.807, 2.05) is 62.4 Å². The van der Waals surface area contributed by atoms with Gasteiger partial charge in [-0.05, 0) is 13.8 Å². The molecule has 0 aliphatic heterocycles. The molecule has 0 radical (unpaired) electrons. The Labute approximate surface area is 97.0 Å². The zero-order chi connectivity index (χ0) is 11.5. The van der Waals surface area contributed by atoms with Crippen molar-refractivity contribution in [3.8, 4) is 0 Å². The Bertz CT molecular complexity index is 414. The summed E-state index contributed by atoms with van der Waals surface area (Å²) in [5.74, 6) is 0. The van der Waals surface area contributed by atoms with Gasteiger partial charge in [0, 0.05) is 10.6 Å². The molecule has 2 rings (SSSR count). The van der Waals surface area contributed by atoms with E-state index in [-0.39, 0.29) is 0 Å². The minimum Gasteiger partial charge on any atom is -0.217 e. The molecule has 0 nitrogen and oxygen atoms in total. The van der Waals surface area contributed by atoms with Gasteiger partial charge in [-0.25, -0.2) is 4.20 Å². The molecule has 2 aromatic rings. The molecule has 0 unspecified atom stereocenters. The van der Waals surface area contributed by atoms with Crippen molar-refractivity contribution in [1.82, 2.24) is 0 Å². The minimum atomic E-state index is -1.70. The fourth-order valence-electron chi connectivity index (χ4n) is 1.50. The van der Waals surface area contributed by atoms with E-state index in [0.717, 1.165) is 21.7 Å². The van der Waals surface area contributed by atoms with E-state index in [1.165, 1.54) is 0 Å². The average molecular weight is 232 g/mol. The standard InChI is InChI=1S/C14H14FP/c1-11-3-7-13(8-4-11)16(15)14-9-5-12(2)6-10-14/h3-10H,1-2H3. The number of halogens is 1. The highest BCUT2D eigenvalue weighted by Gasteiger charge is 2.12. The van der Waals surface area contributed by atoms with Gasteiger partial charge in [0.2, 0.25) is 0 Å². The number of hydrogen-bond acceptors (Lipinski definition) is 0. The molecule has 0 fully saturated rings. The molecule has 0 saturated heterocycles. The largest absolute Gasteiger partial charge is 0.217 e. The Morgan fingerprint density at radius 1 is 0.688 bits per heavy atom. The third kappa shape index (κ3) is 2.48. The van der Waals surface area contributed by atoms with E-state index < -0.39 is 8.23 Å². The maximum absolute atomic E-state index is 14.2. The quantitative estimate of drug-likeness (QED) is 0.694. The molecule has 16 heavy (non-hydrogen) atoms. The first kappa shape index (κ1) is 11.3. The summed E-state index contributed by atoms with van der Waals surface area (Å²) in [6, 6.07) is 15.3. The van der Waals surface area contributed by atoms with Crippen LogP contribution in [0.25, 0.3) is 0 Å². The number of benzene rings is 2. The van der Waals surface area contributed by atoms with E-state index in [4.69, 9.17) is 0 Å². The van der Waals surface area contributed by atoms with Crippen molar-refractivity contribution in [3.63, 3.8) is 0 Å². The van der Waals surface area contributed by atoms with Gasteiger partial charge >= 0.3 is 0 Å². The lowest BCUT2D eigenvalue weighted by Gasteiger charge is -2.08. The maximum atomic E-state index is 14.2. The molecule has 82 valence electrons. The van der Waals surface area contributed by atoms with Crippen LogP contribution in [0.2, 0.25) is 0 Å². The summed E-state index contributed by atoms with van der Waals surface area (Å²) in [4.78, 5) is 0. The topological polar surface area (TPSA) is 0 Å². The van der Waals surface area contributed by atoms with Gasteiger partial charge in [-0.2, -0.15) is 0 Å². The van der Waals surface area contributed by atoms with E-state index in [2.05, 4.69) is 0 Å². The Morgan fingerprint density at radius 3 is 1.31 bits per heavy atom. The SMILES string of the molecule is Cc1ccc(P(F)c2ccc(C)cc2)cc1. The zero-order valence-electron chi connectivity index (χ0n) is 9.44. The van der Waals surface area contributed by atoms with Gasteiger partial charge in [0.25, 0.3) is 0 Å². The van der Waals surface area contributed by atoms with Crippen LogP contribution in [-0.2, 0) is 0 Å². The normalized spacial score (nSPS) is 10.8. The van der Waals surface area contributed by atoms with Gasteiger partial charge < -0.3 is 0 Å². The van der Waals surface area contributed by atoms with E-state index in [9.17, 15) is 4.20 Å². The summed E-state index contributed by atoms with van der Waals surface area (Å²) in [7, 11) is -1.70. The molecule has 0 atom stereocenters.